The number of carbonyl (C=O) groups is 1. The molecule has 33 heavy (non-hydrogen) atoms. The van der Waals surface area contributed by atoms with Gasteiger partial charge in [0.2, 0.25) is 5.91 Å². The first kappa shape index (κ1) is 22.3. The molecule has 8 heteroatoms. The molecule has 1 aliphatic carbocycles. The minimum atomic E-state index is -0.0877. The van der Waals surface area contributed by atoms with Crippen LogP contribution in [0.25, 0.3) is 10.2 Å². The number of amides is 1. The zero-order chi connectivity index (χ0) is 22.6. The van der Waals surface area contributed by atoms with Gasteiger partial charge in [0, 0.05) is 37.4 Å². The van der Waals surface area contributed by atoms with E-state index in [0.29, 0.717) is 12.2 Å². The minimum Gasteiger partial charge on any atom is -0.379 e. The van der Waals surface area contributed by atoms with Crippen LogP contribution in [0, 0.1) is 0 Å². The number of hydrogen-bond donors (Lipinski definition) is 2. The standard InChI is InChI=1S/C25H30N4O3S/c30-22(26-19(17-6-2-1-3-7-17)16-29-12-14-32-15-13-29)11-10-21-27-24(31)23-18-8-4-5-9-20(18)33-25(23)28-21/h1-3,6-7,19H,4-5,8-16H2,(H,26,30)(H,27,28,31). The zero-order valence-electron chi connectivity index (χ0n) is 18.8. The molecule has 1 aliphatic heterocycles. The lowest BCUT2D eigenvalue weighted by Crippen LogP contribution is -2.43. The van der Waals surface area contributed by atoms with Crippen molar-refractivity contribution >= 4 is 27.5 Å². The fraction of sp³-hybridized carbons (Fsp3) is 0.480. The Morgan fingerprint density at radius 1 is 1.18 bits per heavy atom. The lowest BCUT2D eigenvalue weighted by atomic mass is 9.97. The van der Waals surface area contributed by atoms with Gasteiger partial charge in [0.05, 0.1) is 24.6 Å². The van der Waals surface area contributed by atoms with E-state index >= 15 is 0 Å². The van der Waals surface area contributed by atoms with Crippen LogP contribution in [0.3, 0.4) is 0 Å². The topological polar surface area (TPSA) is 87.3 Å². The number of morpholine rings is 1. The van der Waals surface area contributed by atoms with Crippen LogP contribution in [0.1, 0.15) is 47.1 Å². The molecule has 5 rings (SSSR count). The number of hydrogen-bond acceptors (Lipinski definition) is 6. The number of fused-ring (bicyclic) bond motifs is 3. The van der Waals surface area contributed by atoms with Crippen molar-refractivity contribution < 1.29 is 9.53 Å². The van der Waals surface area contributed by atoms with Crippen LogP contribution in [0.15, 0.2) is 35.1 Å². The highest BCUT2D eigenvalue weighted by molar-refractivity contribution is 7.18. The van der Waals surface area contributed by atoms with Gasteiger partial charge >= 0.3 is 0 Å². The SMILES string of the molecule is O=C(CCc1nc2sc3c(c2c(=O)[nH]1)CCCC3)NC(CN1CCOCC1)c1ccccc1. The number of carbonyl (C=O) groups excluding carboxylic acids is 1. The van der Waals surface area contributed by atoms with Crippen LogP contribution in [-0.2, 0) is 28.8 Å². The van der Waals surface area contributed by atoms with Gasteiger partial charge in [-0.1, -0.05) is 30.3 Å². The maximum absolute atomic E-state index is 12.9. The molecule has 1 atom stereocenters. The Labute approximate surface area is 197 Å². The summed E-state index contributed by atoms with van der Waals surface area (Å²) in [6.45, 7) is 3.94. The largest absolute Gasteiger partial charge is 0.379 e. The smallest absolute Gasteiger partial charge is 0.259 e. The second-order valence-corrected chi connectivity index (χ2v) is 9.93. The maximum Gasteiger partial charge on any atom is 0.259 e. The van der Waals surface area contributed by atoms with E-state index < -0.39 is 0 Å². The highest BCUT2D eigenvalue weighted by Crippen LogP contribution is 2.33. The number of nitrogens with one attached hydrogen (secondary N) is 2. The zero-order valence-corrected chi connectivity index (χ0v) is 19.6. The van der Waals surface area contributed by atoms with E-state index in [0.717, 1.165) is 67.9 Å². The normalized spacial score (nSPS) is 17.6. The average Bonchev–Trinajstić information content (AvgIpc) is 3.22. The van der Waals surface area contributed by atoms with Gasteiger partial charge in [0.1, 0.15) is 10.7 Å². The van der Waals surface area contributed by atoms with E-state index in [1.165, 1.54) is 16.9 Å². The molecule has 3 aromatic rings. The van der Waals surface area contributed by atoms with Crippen molar-refractivity contribution in [1.82, 2.24) is 20.2 Å². The molecule has 2 N–H and O–H groups in total. The molecule has 0 spiro atoms. The Bertz CT molecular complexity index is 1170. The molecule has 7 nitrogen and oxygen atoms in total. The first-order valence-corrected chi connectivity index (χ1v) is 12.7. The molecule has 0 saturated carbocycles. The number of aromatic amines is 1. The molecular formula is C25H30N4O3S. The lowest BCUT2D eigenvalue weighted by molar-refractivity contribution is -0.122. The van der Waals surface area contributed by atoms with Crippen molar-refractivity contribution in [2.45, 2.75) is 44.6 Å². The Morgan fingerprint density at radius 3 is 2.79 bits per heavy atom. The molecule has 174 valence electrons. The van der Waals surface area contributed by atoms with E-state index in [1.807, 2.05) is 18.2 Å². The Morgan fingerprint density at radius 2 is 1.97 bits per heavy atom. The quantitative estimate of drug-likeness (QED) is 0.559. The molecule has 1 fully saturated rings. The van der Waals surface area contributed by atoms with Gasteiger partial charge < -0.3 is 15.0 Å². The van der Waals surface area contributed by atoms with Crippen LogP contribution >= 0.6 is 11.3 Å². The Kier molecular flexibility index (Phi) is 6.85. The molecular weight excluding hydrogens is 436 g/mol. The molecule has 0 radical (unpaired) electrons. The summed E-state index contributed by atoms with van der Waals surface area (Å²) < 4.78 is 5.46. The van der Waals surface area contributed by atoms with Gasteiger partial charge in [-0.05, 0) is 36.8 Å². The van der Waals surface area contributed by atoms with E-state index in [4.69, 9.17) is 9.72 Å². The maximum atomic E-state index is 12.9. The number of ether oxygens (including phenoxy) is 1. The predicted molar refractivity (Wildman–Crippen MR) is 130 cm³/mol. The van der Waals surface area contributed by atoms with Crippen molar-refractivity contribution in [3.63, 3.8) is 0 Å². The monoisotopic (exact) mass is 466 g/mol. The van der Waals surface area contributed by atoms with Crippen LogP contribution in [0.5, 0.6) is 0 Å². The number of aryl methyl sites for hydroxylation is 3. The fourth-order valence-electron chi connectivity index (χ4n) is 4.79. The summed E-state index contributed by atoms with van der Waals surface area (Å²) in [5, 5.41) is 3.97. The first-order valence-electron chi connectivity index (χ1n) is 11.9. The van der Waals surface area contributed by atoms with E-state index in [9.17, 15) is 9.59 Å². The number of rotatable bonds is 7. The summed E-state index contributed by atoms with van der Waals surface area (Å²) in [5.74, 6) is 0.552. The second-order valence-electron chi connectivity index (χ2n) is 8.85. The minimum absolute atomic E-state index is 0.0367. The summed E-state index contributed by atoms with van der Waals surface area (Å²) in [6.07, 6.45) is 5.01. The third-order valence-electron chi connectivity index (χ3n) is 6.54. The predicted octanol–water partition coefficient (Wildman–Crippen LogP) is 2.99. The molecule has 1 unspecified atom stereocenters. The third-order valence-corrected chi connectivity index (χ3v) is 7.73. The fourth-order valence-corrected chi connectivity index (χ4v) is 6.07. The van der Waals surface area contributed by atoms with Crippen LogP contribution in [0.4, 0.5) is 0 Å². The summed E-state index contributed by atoms with van der Waals surface area (Å²) in [6, 6.07) is 10.00. The van der Waals surface area contributed by atoms with Crippen molar-refractivity contribution in [3.8, 4) is 0 Å². The van der Waals surface area contributed by atoms with Gasteiger partial charge in [-0.3, -0.25) is 14.5 Å². The van der Waals surface area contributed by atoms with Crippen LogP contribution in [0.2, 0.25) is 0 Å². The molecule has 1 saturated heterocycles. The molecule has 0 bridgehead atoms. The first-order chi connectivity index (χ1) is 16.2. The second kappa shape index (κ2) is 10.2. The van der Waals surface area contributed by atoms with Gasteiger partial charge in [-0.2, -0.15) is 0 Å². The lowest BCUT2D eigenvalue weighted by Gasteiger charge is -2.31. The van der Waals surface area contributed by atoms with Crippen molar-refractivity contribution in [3.05, 3.63) is 62.5 Å². The van der Waals surface area contributed by atoms with Crippen LogP contribution < -0.4 is 10.9 Å². The highest BCUT2D eigenvalue weighted by atomic mass is 32.1. The summed E-state index contributed by atoms with van der Waals surface area (Å²) in [4.78, 5) is 37.7. The number of H-pyrrole nitrogens is 1. The number of aromatic nitrogens is 2. The molecule has 1 aromatic carbocycles. The summed E-state index contributed by atoms with van der Waals surface area (Å²) in [7, 11) is 0. The summed E-state index contributed by atoms with van der Waals surface area (Å²) >= 11 is 1.64. The van der Waals surface area contributed by atoms with Gasteiger partial charge in [-0.25, -0.2) is 4.98 Å². The Hall–Kier alpha value is -2.55. The average molecular weight is 467 g/mol. The van der Waals surface area contributed by atoms with Gasteiger partial charge in [0.25, 0.3) is 5.56 Å². The van der Waals surface area contributed by atoms with Crippen LogP contribution in [-0.4, -0.2) is 53.6 Å². The number of benzene rings is 1. The Balaban J connectivity index is 1.26. The summed E-state index contributed by atoms with van der Waals surface area (Å²) in [5.41, 5.74) is 2.21. The van der Waals surface area contributed by atoms with E-state index in [2.05, 4.69) is 27.3 Å². The number of thiophene rings is 1. The van der Waals surface area contributed by atoms with Crippen molar-refractivity contribution in [2.24, 2.45) is 0 Å². The molecule has 2 aliphatic rings. The van der Waals surface area contributed by atoms with Gasteiger partial charge in [-0.15, -0.1) is 11.3 Å². The third kappa shape index (κ3) is 5.18. The van der Waals surface area contributed by atoms with E-state index in [-0.39, 0.29) is 23.9 Å². The molecule has 1 amide bonds. The van der Waals surface area contributed by atoms with E-state index in [1.54, 1.807) is 11.3 Å². The van der Waals surface area contributed by atoms with Gasteiger partial charge in [0.15, 0.2) is 0 Å². The molecule has 2 aromatic heterocycles. The van der Waals surface area contributed by atoms with Crippen molar-refractivity contribution in [1.29, 1.82) is 0 Å². The van der Waals surface area contributed by atoms with Crippen molar-refractivity contribution in [2.75, 3.05) is 32.8 Å². The molecule has 3 heterocycles. The highest BCUT2D eigenvalue weighted by Gasteiger charge is 2.22. The number of nitrogens with zero attached hydrogens (tertiary/aromatic N) is 2.